The molecule has 9 heteroatoms. The molecule has 0 spiro atoms. The maximum Gasteiger partial charge on any atom is 0.254 e. The molecule has 2 fully saturated rings. The fraction of sp³-hybridized carbons (Fsp3) is 0.367. The summed E-state index contributed by atoms with van der Waals surface area (Å²) in [5, 5.41) is 9.79. The number of nitrogen functional groups attached to an aromatic ring is 1. The lowest BCUT2D eigenvalue weighted by atomic mass is 9.93. The molecule has 204 valence electrons. The molecule has 0 bridgehead atoms. The lowest BCUT2D eigenvalue weighted by Crippen LogP contribution is -2.45. The smallest absolute Gasteiger partial charge is 0.254 e. The van der Waals surface area contributed by atoms with E-state index < -0.39 is 0 Å². The molecule has 1 amide bonds. The minimum absolute atomic E-state index is 0.168. The van der Waals surface area contributed by atoms with Gasteiger partial charge >= 0.3 is 0 Å². The van der Waals surface area contributed by atoms with Gasteiger partial charge in [-0.25, -0.2) is 9.97 Å². The van der Waals surface area contributed by atoms with E-state index in [4.69, 9.17) is 5.73 Å². The maximum absolute atomic E-state index is 12.7. The van der Waals surface area contributed by atoms with Gasteiger partial charge in [-0.05, 0) is 68.0 Å². The third kappa shape index (κ3) is 6.08. The second-order valence-corrected chi connectivity index (χ2v) is 10.5. The topological polar surface area (TPSA) is 111 Å². The quantitative estimate of drug-likeness (QED) is 0.341. The Morgan fingerprint density at radius 2 is 1.90 bits per heavy atom. The summed E-state index contributed by atoms with van der Waals surface area (Å²) >= 11 is 0. The van der Waals surface area contributed by atoms with E-state index in [1.54, 1.807) is 19.4 Å². The molecule has 1 aromatic carbocycles. The molecule has 1 unspecified atom stereocenters. The van der Waals surface area contributed by atoms with Gasteiger partial charge in [-0.1, -0.05) is 13.5 Å². The van der Waals surface area contributed by atoms with Gasteiger partial charge in [0.05, 0.1) is 23.1 Å². The average molecular weight is 527 g/mol. The molecular weight excluding hydrogens is 488 g/mol. The summed E-state index contributed by atoms with van der Waals surface area (Å²) in [7, 11) is 1.64. The van der Waals surface area contributed by atoms with Crippen molar-refractivity contribution in [2.45, 2.75) is 38.6 Å². The van der Waals surface area contributed by atoms with Crippen molar-refractivity contribution in [2.24, 2.45) is 5.92 Å². The molecule has 2 aliphatic rings. The van der Waals surface area contributed by atoms with Crippen LogP contribution >= 0.6 is 0 Å². The van der Waals surface area contributed by atoms with Gasteiger partial charge in [0.25, 0.3) is 5.91 Å². The predicted octanol–water partition coefficient (Wildman–Crippen LogP) is 4.99. The molecule has 5 rings (SSSR count). The van der Waals surface area contributed by atoms with Crippen molar-refractivity contribution in [3.05, 3.63) is 72.7 Å². The molecule has 0 saturated carbocycles. The highest BCUT2D eigenvalue weighted by atomic mass is 16.1. The molecule has 9 nitrogen and oxygen atoms in total. The standard InChI is InChI=1S/C30H38N8O/c1-20-19-37(29-12-7-22(31)17-34-29)15-13-26(20)36-27-16-28(33-18-25(27)30(39)32-3)35-23-8-10-24(11-9-23)38-14-5-4-6-21(38)2/h7-12,16-18,20,26H,2,4-6,13-15,19,31H2,1,3H3,(H,32,39)(H2,33,35,36)/t20-,26?/m0/s1. The Morgan fingerprint density at radius 3 is 2.59 bits per heavy atom. The molecule has 3 aromatic rings. The Morgan fingerprint density at radius 1 is 1.08 bits per heavy atom. The van der Waals surface area contributed by atoms with Crippen LogP contribution in [0.15, 0.2) is 67.1 Å². The van der Waals surface area contributed by atoms with Gasteiger partial charge < -0.3 is 31.5 Å². The summed E-state index contributed by atoms with van der Waals surface area (Å²) in [6, 6.07) is 14.3. The number of aromatic nitrogens is 2. The highest BCUT2D eigenvalue weighted by molar-refractivity contribution is 5.99. The van der Waals surface area contributed by atoms with Crippen molar-refractivity contribution in [3.63, 3.8) is 0 Å². The average Bonchev–Trinajstić information content (AvgIpc) is 2.95. The van der Waals surface area contributed by atoms with E-state index in [0.29, 0.717) is 23.0 Å². The number of carbonyl (C=O) groups is 1. The molecule has 2 aliphatic heterocycles. The number of hydrogen-bond acceptors (Lipinski definition) is 8. The van der Waals surface area contributed by atoms with Crippen LogP contribution < -0.4 is 31.5 Å². The number of carbonyl (C=O) groups excluding carboxylic acids is 1. The predicted molar refractivity (Wildman–Crippen MR) is 160 cm³/mol. The van der Waals surface area contributed by atoms with Gasteiger partial charge in [0.2, 0.25) is 0 Å². The van der Waals surface area contributed by atoms with Crippen LogP contribution in [0, 0.1) is 5.92 Å². The monoisotopic (exact) mass is 526 g/mol. The first-order valence-corrected chi connectivity index (χ1v) is 13.7. The second kappa shape index (κ2) is 11.6. The highest BCUT2D eigenvalue weighted by Gasteiger charge is 2.28. The molecular formula is C30H38N8O. The summed E-state index contributed by atoms with van der Waals surface area (Å²) in [6.45, 7) is 9.18. The number of pyridine rings is 2. The van der Waals surface area contributed by atoms with Crippen LogP contribution in [0.2, 0.25) is 0 Å². The molecule has 0 radical (unpaired) electrons. The van der Waals surface area contributed by atoms with Crippen LogP contribution in [-0.4, -0.2) is 48.6 Å². The summed E-state index contributed by atoms with van der Waals surface area (Å²) in [4.78, 5) is 26.3. The van der Waals surface area contributed by atoms with Crippen molar-refractivity contribution < 1.29 is 4.79 Å². The van der Waals surface area contributed by atoms with E-state index in [9.17, 15) is 4.79 Å². The van der Waals surface area contributed by atoms with Crippen molar-refractivity contribution >= 4 is 40.3 Å². The van der Waals surface area contributed by atoms with Crippen molar-refractivity contribution in [2.75, 3.05) is 52.8 Å². The summed E-state index contributed by atoms with van der Waals surface area (Å²) in [5.41, 5.74) is 11.0. The molecule has 5 N–H and O–H groups in total. The maximum atomic E-state index is 12.7. The van der Waals surface area contributed by atoms with E-state index in [-0.39, 0.29) is 11.9 Å². The lowest BCUT2D eigenvalue weighted by molar-refractivity contribution is 0.0963. The number of nitrogens with two attached hydrogens (primary N) is 1. The van der Waals surface area contributed by atoms with Crippen molar-refractivity contribution in [1.82, 2.24) is 15.3 Å². The minimum Gasteiger partial charge on any atom is -0.397 e. The van der Waals surface area contributed by atoms with Crippen molar-refractivity contribution in [1.29, 1.82) is 0 Å². The van der Waals surface area contributed by atoms with E-state index in [2.05, 4.69) is 73.5 Å². The second-order valence-electron chi connectivity index (χ2n) is 10.5. The molecule has 0 aliphatic carbocycles. The first kappa shape index (κ1) is 26.3. The largest absolute Gasteiger partial charge is 0.397 e. The fourth-order valence-corrected chi connectivity index (χ4v) is 5.39. The summed E-state index contributed by atoms with van der Waals surface area (Å²) in [6.07, 6.45) is 7.69. The Kier molecular flexibility index (Phi) is 7.86. The molecule has 4 heterocycles. The third-order valence-corrected chi connectivity index (χ3v) is 7.65. The number of allylic oxidation sites excluding steroid dienone is 1. The van der Waals surface area contributed by atoms with Gasteiger partial charge in [-0.2, -0.15) is 0 Å². The highest BCUT2D eigenvalue weighted by Crippen LogP contribution is 2.30. The number of nitrogens with one attached hydrogen (secondary N) is 3. The van der Waals surface area contributed by atoms with Crippen LogP contribution in [0.1, 0.15) is 43.0 Å². The lowest BCUT2D eigenvalue weighted by Gasteiger charge is -2.38. The van der Waals surface area contributed by atoms with Gasteiger partial charge in [-0.3, -0.25) is 4.79 Å². The Labute approximate surface area is 230 Å². The molecule has 2 saturated heterocycles. The SMILES string of the molecule is C=C1CCCCN1c1ccc(Nc2cc(NC3CCN(c4ccc(N)cn4)C[C@@H]3C)c(C(=O)NC)cn2)cc1. The number of piperidine rings is 2. The zero-order chi connectivity index (χ0) is 27.4. The Balaban J connectivity index is 1.29. The Hall–Kier alpha value is -4.27. The van der Waals surface area contributed by atoms with E-state index in [0.717, 1.165) is 55.4 Å². The van der Waals surface area contributed by atoms with Crippen LogP contribution in [0.3, 0.4) is 0 Å². The van der Waals surface area contributed by atoms with E-state index in [1.165, 1.54) is 18.5 Å². The van der Waals surface area contributed by atoms with Gasteiger partial charge in [0, 0.05) is 62.1 Å². The summed E-state index contributed by atoms with van der Waals surface area (Å²) in [5.74, 6) is 1.78. The zero-order valence-corrected chi connectivity index (χ0v) is 22.8. The summed E-state index contributed by atoms with van der Waals surface area (Å²) < 4.78 is 0. The molecule has 39 heavy (non-hydrogen) atoms. The van der Waals surface area contributed by atoms with Crippen LogP contribution in [0.5, 0.6) is 0 Å². The van der Waals surface area contributed by atoms with Crippen LogP contribution in [-0.2, 0) is 0 Å². The van der Waals surface area contributed by atoms with Gasteiger partial charge in [0.1, 0.15) is 11.6 Å². The fourth-order valence-electron chi connectivity index (χ4n) is 5.39. The van der Waals surface area contributed by atoms with E-state index >= 15 is 0 Å². The first-order chi connectivity index (χ1) is 18.9. The van der Waals surface area contributed by atoms with Crippen LogP contribution in [0.4, 0.5) is 34.4 Å². The van der Waals surface area contributed by atoms with Gasteiger partial charge in [0.15, 0.2) is 0 Å². The first-order valence-electron chi connectivity index (χ1n) is 13.7. The van der Waals surface area contributed by atoms with Crippen LogP contribution in [0.25, 0.3) is 0 Å². The number of hydrogen-bond donors (Lipinski definition) is 4. The third-order valence-electron chi connectivity index (χ3n) is 7.65. The Bertz CT molecular complexity index is 1310. The zero-order valence-electron chi connectivity index (χ0n) is 22.8. The normalized spacial score (nSPS) is 19.5. The number of rotatable bonds is 7. The number of nitrogens with zero attached hydrogens (tertiary/aromatic N) is 4. The van der Waals surface area contributed by atoms with Crippen molar-refractivity contribution in [3.8, 4) is 0 Å². The number of anilines is 6. The molecule has 2 atom stereocenters. The van der Waals surface area contributed by atoms with E-state index in [1.807, 2.05) is 18.2 Å². The number of benzene rings is 1. The number of amides is 1. The van der Waals surface area contributed by atoms with Gasteiger partial charge in [-0.15, -0.1) is 0 Å². The minimum atomic E-state index is -0.168. The molecule has 2 aromatic heterocycles.